The molecule has 4 aromatic carbocycles. The first kappa shape index (κ1) is 20.6. The zero-order valence-corrected chi connectivity index (χ0v) is 17.7. The van der Waals surface area contributed by atoms with E-state index in [4.69, 9.17) is 0 Å². The van der Waals surface area contributed by atoms with Crippen LogP contribution in [0.4, 0.5) is 0 Å². The van der Waals surface area contributed by atoms with Crippen LogP contribution in [-0.4, -0.2) is 5.91 Å². The van der Waals surface area contributed by atoms with Gasteiger partial charge in [-0.3, -0.25) is 4.79 Å². The van der Waals surface area contributed by atoms with Crippen molar-refractivity contribution in [3.63, 3.8) is 0 Å². The fourth-order valence-electron chi connectivity index (χ4n) is 4.10. The minimum absolute atomic E-state index is 0.00990. The van der Waals surface area contributed by atoms with E-state index in [9.17, 15) is 4.79 Å². The highest BCUT2D eigenvalue weighted by Gasteiger charge is 2.22. The number of benzene rings is 4. The number of rotatable bonds is 7. The number of hydrogen-bond acceptors (Lipinski definition) is 1. The molecule has 4 aromatic rings. The Morgan fingerprint density at radius 3 is 1.61 bits per heavy atom. The molecule has 0 aliphatic heterocycles. The maximum atomic E-state index is 13.4. The summed E-state index contributed by atoms with van der Waals surface area (Å²) in [6.45, 7) is 2.09. The van der Waals surface area contributed by atoms with Crippen molar-refractivity contribution in [1.82, 2.24) is 5.32 Å². The van der Waals surface area contributed by atoms with Crippen LogP contribution < -0.4 is 5.32 Å². The first-order valence-corrected chi connectivity index (χ1v) is 10.7. The van der Waals surface area contributed by atoms with Crippen LogP contribution in [0.5, 0.6) is 0 Å². The molecule has 0 bridgehead atoms. The number of amides is 1. The summed E-state index contributed by atoms with van der Waals surface area (Å²) in [6, 6.07) is 38.8. The number of carbonyl (C=O) groups is 1. The highest BCUT2D eigenvalue weighted by Crippen LogP contribution is 2.30. The molecule has 0 radical (unpaired) electrons. The summed E-state index contributed by atoms with van der Waals surface area (Å²) in [5, 5.41) is 3.32. The third kappa shape index (κ3) is 5.10. The second kappa shape index (κ2) is 9.90. The van der Waals surface area contributed by atoms with Crippen LogP contribution >= 0.6 is 0 Å². The van der Waals surface area contributed by atoms with Gasteiger partial charge in [-0.05, 0) is 34.7 Å². The number of carbonyl (C=O) groups excluding carboxylic acids is 1. The van der Waals surface area contributed by atoms with Crippen LogP contribution in [0.15, 0.2) is 115 Å². The van der Waals surface area contributed by atoms with Crippen molar-refractivity contribution >= 4 is 5.91 Å². The smallest absolute Gasteiger partial charge is 0.221 e. The quantitative estimate of drug-likeness (QED) is 0.377. The van der Waals surface area contributed by atoms with E-state index in [1.807, 2.05) is 66.7 Å². The van der Waals surface area contributed by atoms with Gasteiger partial charge in [0.2, 0.25) is 5.91 Å². The monoisotopic (exact) mass is 405 g/mol. The lowest BCUT2D eigenvalue weighted by Gasteiger charge is -2.24. The summed E-state index contributed by atoms with van der Waals surface area (Å²) in [5.41, 5.74) is 5.67. The third-order valence-electron chi connectivity index (χ3n) is 5.73. The largest absolute Gasteiger partial charge is 0.345 e. The minimum atomic E-state index is -0.179. The molecular formula is C29H27NO. The molecule has 31 heavy (non-hydrogen) atoms. The zero-order chi connectivity index (χ0) is 21.5. The Balaban J connectivity index is 1.63. The van der Waals surface area contributed by atoms with Crippen molar-refractivity contribution in [2.75, 3.05) is 0 Å². The van der Waals surface area contributed by atoms with E-state index in [1.165, 1.54) is 5.56 Å². The van der Waals surface area contributed by atoms with Crippen molar-refractivity contribution in [1.29, 1.82) is 0 Å². The Kier molecular flexibility index (Phi) is 6.59. The molecule has 1 unspecified atom stereocenters. The molecule has 0 aromatic heterocycles. The van der Waals surface area contributed by atoms with Gasteiger partial charge in [0, 0.05) is 12.3 Å². The average molecular weight is 406 g/mol. The van der Waals surface area contributed by atoms with E-state index in [1.54, 1.807) is 0 Å². The second-order valence-corrected chi connectivity index (χ2v) is 7.85. The molecule has 0 fully saturated rings. The molecule has 0 aliphatic rings. The van der Waals surface area contributed by atoms with E-state index < -0.39 is 0 Å². The standard InChI is InChI=1S/C29H27NO/c1-22-13-11-12-20-26(22)29(25-18-9-4-10-19-25)30-28(31)21-27(23-14-5-2-6-15-23)24-16-7-3-8-17-24/h2-20,27,29H,21H2,1H3,(H,30,31). The fourth-order valence-corrected chi connectivity index (χ4v) is 4.10. The second-order valence-electron chi connectivity index (χ2n) is 7.85. The van der Waals surface area contributed by atoms with Crippen molar-refractivity contribution in [2.24, 2.45) is 0 Å². The van der Waals surface area contributed by atoms with Gasteiger partial charge in [-0.15, -0.1) is 0 Å². The summed E-state index contributed by atoms with van der Waals surface area (Å²) < 4.78 is 0. The topological polar surface area (TPSA) is 29.1 Å². The molecule has 0 saturated carbocycles. The lowest BCUT2D eigenvalue weighted by atomic mass is 9.88. The van der Waals surface area contributed by atoms with Gasteiger partial charge in [0.15, 0.2) is 0 Å². The Labute approximate surface area is 184 Å². The summed E-state index contributed by atoms with van der Waals surface area (Å²) in [4.78, 5) is 13.4. The highest BCUT2D eigenvalue weighted by molar-refractivity contribution is 5.78. The molecule has 0 spiro atoms. The van der Waals surface area contributed by atoms with Gasteiger partial charge in [0.25, 0.3) is 0 Å². The molecule has 1 N–H and O–H groups in total. The summed E-state index contributed by atoms with van der Waals surface area (Å²) in [6.07, 6.45) is 0.392. The third-order valence-corrected chi connectivity index (χ3v) is 5.73. The van der Waals surface area contributed by atoms with Crippen LogP contribution in [0, 0.1) is 6.92 Å². The lowest BCUT2D eigenvalue weighted by molar-refractivity contribution is -0.121. The van der Waals surface area contributed by atoms with E-state index in [0.717, 1.165) is 22.3 Å². The van der Waals surface area contributed by atoms with Crippen LogP contribution in [0.1, 0.15) is 46.2 Å². The normalized spacial score (nSPS) is 11.8. The van der Waals surface area contributed by atoms with Gasteiger partial charge >= 0.3 is 0 Å². The van der Waals surface area contributed by atoms with E-state index in [2.05, 4.69) is 60.8 Å². The van der Waals surface area contributed by atoms with Gasteiger partial charge in [-0.1, -0.05) is 115 Å². The van der Waals surface area contributed by atoms with Crippen molar-refractivity contribution in [3.05, 3.63) is 143 Å². The van der Waals surface area contributed by atoms with E-state index in [0.29, 0.717) is 6.42 Å². The molecule has 0 aliphatic carbocycles. The van der Waals surface area contributed by atoms with Gasteiger partial charge in [0.1, 0.15) is 0 Å². The molecular weight excluding hydrogens is 378 g/mol. The summed E-state index contributed by atoms with van der Waals surface area (Å²) >= 11 is 0. The maximum Gasteiger partial charge on any atom is 0.221 e. The Bertz CT molecular complexity index is 1070. The summed E-state index contributed by atoms with van der Waals surface area (Å²) in [5.74, 6) is 0.0468. The average Bonchev–Trinajstić information content (AvgIpc) is 2.83. The SMILES string of the molecule is Cc1ccccc1C(NC(=O)CC(c1ccccc1)c1ccccc1)c1ccccc1. The van der Waals surface area contributed by atoms with Crippen LogP contribution in [0.2, 0.25) is 0 Å². The molecule has 2 heteroatoms. The Hall–Kier alpha value is -3.65. The van der Waals surface area contributed by atoms with E-state index in [-0.39, 0.29) is 17.9 Å². The van der Waals surface area contributed by atoms with Crippen LogP contribution in [-0.2, 0) is 4.79 Å². The molecule has 154 valence electrons. The predicted molar refractivity (Wildman–Crippen MR) is 127 cm³/mol. The molecule has 1 amide bonds. The number of nitrogens with one attached hydrogen (secondary N) is 1. The number of hydrogen-bond donors (Lipinski definition) is 1. The lowest BCUT2D eigenvalue weighted by Crippen LogP contribution is -2.31. The molecule has 1 atom stereocenters. The zero-order valence-electron chi connectivity index (χ0n) is 17.7. The van der Waals surface area contributed by atoms with Gasteiger partial charge < -0.3 is 5.32 Å². The first-order valence-electron chi connectivity index (χ1n) is 10.7. The fraction of sp³-hybridized carbons (Fsp3) is 0.138. The molecule has 0 saturated heterocycles. The maximum absolute atomic E-state index is 13.4. The van der Waals surface area contributed by atoms with E-state index >= 15 is 0 Å². The molecule has 2 nitrogen and oxygen atoms in total. The minimum Gasteiger partial charge on any atom is -0.345 e. The Morgan fingerprint density at radius 1 is 0.645 bits per heavy atom. The van der Waals surface area contributed by atoms with Gasteiger partial charge in [-0.25, -0.2) is 0 Å². The van der Waals surface area contributed by atoms with Crippen molar-refractivity contribution < 1.29 is 4.79 Å². The molecule has 4 rings (SSSR count). The molecule has 0 heterocycles. The van der Waals surface area contributed by atoms with Crippen molar-refractivity contribution in [2.45, 2.75) is 25.3 Å². The highest BCUT2D eigenvalue weighted by atomic mass is 16.1. The number of aryl methyl sites for hydroxylation is 1. The first-order chi connectivity index (χ1) is 15.2. The van der Waals surface area contributed by atoms with Gasteiger partial charge in [-0.2, -0.15) is 0 Å². The van der Waals surface area contributed by atoms with Crippen LogP contribution in [0.3, 0.4) is 0 Å². The van der Waals surface area contributed by atoms with Gasteiger partial charge in [0.05, 0.1) is 6.04 Å². The van der Waals surface area contributed by atoms with Crippen LogP contribution in [0.25, 0.3) is 0 Å². The van der Waals surface area contributed by atoms with Crippen molar-refractivity contribution in [3.8, 4) is 0 Å². The summed E-state index contributed by atoms with van der Waals surface area (Å²) in [7, 11) is 0. The predicted octanol–water partition coefficient (Wildman–Crippen LogP) is 6.42. The Morgan fingerprint density at radius 2 is 1.10 bits per heavy atom.